The van der Waals surface area contributed by atoms with Crippen molar-refractivity contribution in [3.05, 3.63) is 59.3 Å². The minimum atomic E-state index is -0.271. The van der Waals surface area contributed by atoms with Gasteiger partial charge >= 0.3 is 0 Å². The van der Waals surface area contributed by atoms with Crippen molar-refractivity contribution in [3.63, 3.8) is 0 Å². The molecule has 4 heterocycles. The van der Waals surface area contributed by atoms with Gasteiger partial charge in [-0.05, 0) is 75.5 Å². The fourth-order valence-corrected chi connectivity index (χ4v) is 5.59. The molecule has 10 heteroatoms. The number of rotatable bonds is 7. The maximum absolute atomic E-state index is 13.6. The molecule has 1 aliphatic heterocycles. The first-order valence-electron chi connectivity index (χ1n) is 11.1. The van der Waals surface area contributed by atoms with Gasteiger partial charge in [0.2, 0.25) is 5.89 Å². The fourth-order valence-electron chi connectivity index (χ4n) is 4.04. The summed E-state index contributed by atoms with van der Waals surface area (Å²) in [4.78, 5) is 3.38. The highest BCUT2D eigenvalue weighted by molar-refractivity contribution is 7.99. The Kier molecular flexibility index (Phi) is 6.57. The van der Waals surface area contributed by atoms with Gasteiger partial charge < -0.3 is 4.42 Å². The summed E-state index contributed by atoms with van der Waals surface area (Å²) in [6.45, 7) is 6.26. The maximum Gasteiger partial charge on any atom is 0.257 e. The average molecular weight is 485 g/mol. The summed E-state index contributed by atoms with van der Waals surface area (Å²) in [5.41, 5.74) is 0.833. The topological polar surface area (TPSA) is 72.9 Å². The van der Waals surface area contributed by atoms with Gasteiger partial charge in [-0.3, -0.25) is 9.47 Å². The lowest BCUT2D eigenvalue weighted by atomic mass is 10.1. The van der Waals surface area contributed by atoms with Crippen molar-refractivity contribution in [2.75, 3.05) is 13.1 Å². The van der Waals surface area contributed by atoms with Gasteiger partial charge in [0.05, 0.1) is 16.2 Å². The number of benzene rings is 1. The first kappa shape index (κ1) is 22.2. The van der Waals surface area contributed by atoms with Gasteiger partial charge in [0.1, 0.15) is 5.82 Å². The zero-order valence-corrected chi connectivity index (χ0v) is 20.2. The van der Waals surface area contributed by atoms with Crippen LogP contribution in [0.3, 0.4) is 0 Å². The maximum atomic E-state index is 13.6. The van der Waals surface area contributed by atoms with Gasteiger partial charge in [0, 0.05) is 5.69 Å². The molecule has 0 radical (unpaired) electrons. The molecule has 2 atom stereocenters. The smallest absolute Gasteiger partial charge is 0.257 e. The van der Waals surface area contributed by atoms with Crippen LogP contribution in [-0.4, -0.2) is 43.0 Å². The Labute approximate surface area is 200 Å². The van der Waals surface area contributed by atoms with Crippen LogP contribution in [0.2, 0.25) is 0 Å². The molecule has 33 heavy (non-hydrogen) atoms. The summed E-state index contributed by atoms with van der Waals surface area (Å²) in [6, 6.07) is 10.5. The third-order valence-corrected chi connectivity index (χ3v) is 7.75. The van der Waals surface area contributed by atoms with Crippen molar-refractivity contribution in [1.82, 2.24) is 29.9 Å². The largest absolute Gasteiger partial charge is 0.419 e. The van der Waals surface area contributed by atoms with E-state index < -0.39 is 0 Å². The van der Waals surface area contributed by atoms with E-state index in [1.54, 1.807) is 23.5 Å². The molecule has 1 fully saturated rings. The second-order valence-electron chi connectivity index (χ2n) is 8.11. The summed E-state index contributed by atoms with van der Waals surface area (Å²) in [5, 5.41) is 20.1. The van der Waals surface area contributed by atoms with E-state index in [4.69, 9.17) is 4.42 Å². The van der Waals surface area contributed by atoms with Crippen LogP contribution in [0, 0.1) is 5.82 Å². The molecule has 172 valence electrons. The first-order chi connectivity index (χ1) is 16.1. The second-order valence-corrected chi connectivity index (χ2v) is 10.4. The van der Waals surface area contributed by atoms with E-state index in [0.29, 0.717) is 16.9 Å². The fraction of sp³-hybridized carbons (Fsp3) is 0.391. The molecule has 4 aromatic rings. The minimum absolute atomic E-state index is 0.0985. The van der Waals surface area contributed by atoms with Gasteiger partial charge in [-0.25, -0.2) is 4.39 Å². The van der Waals surface area contributed by atoms with Gasteiger partial charge in [-0.2, -0.15) is 0 Å². The van der Waals surface area contributed by atoms with Crippen molar-refractivity contribution < 1.29 is 8.81 Å². The van der Waals surface area contributed by atoms with Crippen LogP contribution in [0.25, 0.3) is 16.5 Å². The van der Waals surface area contributed by atoms with Gasteiger partial charge in [-0.15, -0.1) is 31.7 Å². The van der Waals surface area contributed by atoms with Gasteiger partial charge in [0.25, 0.3) is 5.89 Å². The Hall–Kier alpha value is -2.56. The number of thiophene rings is 1. The molecule has 0 bridgehead atoms. The van der Waals surface area contributed by atoms with Crippen LogP contribution in [0.4, 0.5) is 4.39 Å². The van der Waals surface area contributed by atoms with Crippen molar-refractivity contribution in [1.29, 1.82) is 0 Å². The molecule has 0 unspecified atom stereocenters. The predicted molar refractivity (Wildman–Crippen MR) is 127 cm³/mol. The molecular weight excluding hydrogens is 459 g/mol. The van der Waals surface area contributed by atoms with E-state index in [0.717, 1.165) is 29.5 Å². The molecule has 0 N–H and O–H groups in total. The molecule has 3 aromatic heterocycles. The van der Waals surface area contributed by atoms with Crippen LogP contribution < -0.4 is 0 Å². The number of thioether (sulfide) groups is 1. The number of halogens is 1. The monoisotopic (exact) mass is 484 g/mol. The van der Waals surface area contributed by atoms with Crippen LogP contribution >= 0.6 is 23.1 Å². The van der Waals surface area contributed by atoms with E-state index in [2.05, 4.69) is 32.2 Å². The lowest BCUT2D eigenvalue weighted by Gasteiger charge is -2.31. The summed E-state index contributed by atoms with van der Waals surface area (Å²) in [6.07, 6.45) is 3.65. The van der Waals surface area contributed by atoms with Crippen molar-refractivity contribution >= 4 is 23.1 Å². The first-order valence-corrected chi connectivity index (χ1v) is 12.9. The lowest BCUT2D eigenvalue weighted by Crippen LogP contribution is -2.33. The molecule has 1 aromatic carbocycles. The summed E-state index contributed by atoms with van der Waals surface area (Å²) in [7, 11) is 0. The Morgan fingerprint density at radius 3 is 2.52 bits per heavy atom. The quantitative estimate of drug-likeness (QED) is 0.302. The zero-order valence-electron chi connectivity index (χ0n) is 18.5. The van der Waals surface area contributed by atoms with E-state index >= 15 is 0 Å². The molecule has 7 nitrogen and oxygen atoms in total. The normalized spacial score (nSPS) is 16.7. The minimum Gasteiger partial charge on any atom is -0.419 e. The predicted octanol–water partition coefficient (Wildman–Crippen LogP) is 5.92. The van der Waals surface area contributed by atoms with Crippen LogP contribution in [0.1, 0.15) is 56.1 Å². The molecule has 0 amide bonds. The standard InChI is InChI=1S/C23H25FN6OS2/c1-15(29-12-4-3-5-13-29)20-25-28-23(30(20)18-10-8-17(24)9-11-18)33-16(2)21-26-27-22(31-21)19-7-6-14-32-19/h6-11,14-16H,3-5,12-13H2,1-2H3/t15-,16-/m0/s1. The molecule has 0 saturated carbocycles. The molecule has 1 aliphatic rings. The Balaban J connectivity index is 1.45. The van der Waals surface area contributed by atoms with Crippen LogP contribution in [0.15, 0.2) is 51.4 Å². The molecule has 5 rings (SSSR count). The second kappa shape index (κ2) is 9.74. The Bertz CT molecular complexity index is 1180. The highest BCUT2D eigenvalue weighted by atomic mass is 32.2. The SMILES string of the molecule is C[C@H](Sc1nnc([C@H](C)N2CCCCC2)n1-c1ccc(F)cc1)c1nnc(-c2cccs2)o1. The number of piperidine rings is 1. The van der Waals surface area contributed by atoms with Crippen molar-refractivity contribution in [2.45, 2.75) is 49.6 Å². The van der Waals surface area contributed by atoms with Crippen LogP contribution in [-0.2, 0) is 0 Å². The van der Waals surface area contributed by atoms with Gasteiger partial charge in [0.15, 0.2) is 11.0 Å². The molecular formula is C23H25FN6OS2. The summed E-state index contributed by atoms with van der Waals surface area (Å²) in [5.74, 6) is 1.63. The van der Waals surface area contributed by atoms with E-state index in [-0.39, 0.29) is 17.1 Å². The average Bonchev–Trinajstić information content (AvgIpc) is 3.60. The van der Waals surface area contributed by atoms with E-state index in [9.17, 15) is 4.39 Å². The zero-order chi connectivity index (χ0) is 22.8. The van der Waals surface area contributed by atoms with Crippen LogP contribution in [0.5, 0.6) is 0 Å². The Morgan fingerprint density at radius 2 is 1.79 bits per heavy atom. The molecule has 0 aliphatic carbocycles. The van der Waals surface area contributed by atoms with E-state index in [1.807, 2.05) is 29.0 Å². The highest BCUT2D eigenvalue weighted by Crippen LogP contribution is 2.37. The van der Waals surface area contributed by atoms with E-state index in [1.165, 1.54) is 43.2 Å². The Morgan fingerprint density at radius 1 is 1.00 bits per heavy atom. The van der Waals surface area contributed by atoms with Crippen molar-refractivity contribution in [3.8, 4) is 16.5 Å². The summed E-state index contributed by atoms with van der Waals surface area (Å²) >= 11 is 3.06. The third kappa shape index (κ3) is 4.73. The number of hydrogen-bond acceptors (Lipinski definition) is 8. The number of aromatic nitrogens is 5. The lowest BCUT2D eigenvalue weighted by molar-refractivity contribution is 0.167. The highest BCUT2D eigenvalue weighted by Gasteiger charge is 2.27. The number of hydrogen-bond donors (Lipinski definition) is 0. The summed E-state index contributed by atoms with van der Waals surface area (Å²) < 4.78 is 21.6. The van der Waals surface area contributed by atoms with Gasteiger partial charge in [-0.1, -0.05) is 24.2 Å². The number of nitrogens with zero attached hydrogens (tertiary/aromatic N) is 6. The third-order valence-electron chi connectivity index (χ3n) is 5.86. The molecule has 0 spiro atoms. The molecule has 1 saturated heterocycles. The number of likely N-dealkylation sites (tertiary alicyclic amines) is 1. The van der Waals surface area contributed by atoms with Crippen molar-refractivity contribution in [2.24, 2.45) is 0 Å².